The van der Waals surface area contributed by atoms with Gasteiger partial charge in [-0.2, -0.15) is 10.2 Å². The lowest BCUT2D eigenvalue weighted by Crippen LogP contribution is -2.00. The molecule has 4 nitrogen and oxygen atoms in total. The first kappa shape index (κ1) is 10.6. The van der Waals surface area contributed by atoms with E-state index >= 15 is 0 Å². The van der Waals surface area contributed by atoms with Crippen LogP contribution in [0.15, 0.2) is 6.07 Å². The van der Waals surface area contributed by atoms with Crippen molar-refractivity contribution >= 4 is 5.97 Å². The van der Waals surface area contributed by atoms with Crippen molar-refractivity contribution in [2.45, 2.75) is 33.1 Å². The van der Waals surface area contributed by atoms with Crippen molar-refractivity contribution in [3.63, 3.8) is 0 Å². The van der Waals surface area contributed by atoms with Gasteiger partial charge in [-0.15, -0.1) is 0 Å². The highest BCUT2D eigenvalue weighted by Crippen LogP contribution is 2.09. The van der Waals surface area contributed by atoms with Crippen molar-refractivity contribution in [2.75, 3.05) is 0 Å². The Bertz CT molecular complexity index is 337. The van der Waals surface area contributed by atoms with Crippen molar-refractivity contribution in [2.24, 2.45) is 0 Å². The van der Waals surface area contributed by atoms with Gasteiger partial charge in [0.25, 0.3) is 0 Å². The van der Waals surface area contributed by atoms with Crippen LogP contribution >= 0.6 is 0 Å². The largest absolute Gasteiger partial charge is 0.481 e. The van der Waals surface area contributed by atoms with Crippen LogP contribution in [0.25, 0.3) is 0 Å². The van der Waals surface area contributed by atoms with Crippen molar-refractivity contribution in [3.8, 4) is 0 Å². The molecule has 0 aliphatic heterocycles. The monoisotopic (exact) mass is 194 g/mol. The number of hydrogen-bond acceptors (Lipinski definition) is 3. The van der Waals surface area contributed by atoms with Gasteiger partial charge in [0.2, 0.25) is 0 Å². The number of carboxylic acids is 1. The predicted molar refractivity (Wildman–Crippen MR) is 52.1 cm³/mol. The zero-order valence-corrected chi connectivity index (χ0v) is 8.45. The molecule has 0 bridgehead atoms. The van der Waals surface area contributed by atoms with Crippen molar-refractivity contribution < 1.29 is 9.90 Å². The number of hydrogen-bond donors (Lipinski definition) is 1. The van der Waals surface area contributed by atoms with Crippen LogP contribution in [-0.2, 0) is 11.2 Å². The summed E-state index contributed by atoms with van der Waals surface area (Å²) in [6.07, 6.45) is 1.62. The molecule has 1 rings (SSSR count). The lowest BCUT2D eigenvalue weighted by atomic mass is 10.1. The van der Waals surface area contributed by atoms with Crippen LogP contribution in [0.5, 0.6) is 0 Å². The van der Waals surface area contributed by atoms with Crippen molar-refractivity contribution in [1.82, 2.24) is 10.2 Å². The molecule has 0 fully saturated rings. The predicted octanol–water partition coefficient (Wildman–Crippen LogP) is 1.50. The number of aliphatic carboxylic acids is 1. The van der Waals surface area contributed by atoms with E-state index in [2.05, 4.69) is 10.2 Å². The first-order valence-electron chi connectivity index (χ1n) is 4.61. The zero-order chi connectivity index (χ0) is 10.6. The number of nitrogens with zero attached hydrogens (tertiary/aromatic N) is 2. The summed E-state index contributed by atoms with van der Waals surface area (Å²) in [6.45, 7) is 3.77. The van der Waals surface area contributed by atoms with E-state index in [1.807, 2.05) is 19.9 Å². The van der Waals surface area contributed by atoms with Gasteiger partial charge in [-0.3, -0.25) is 4.79 Å². The minimum Gasteiger partial charge on any atom is -0.481 e. The quantitative estimate of drug-likeness (QED) is 0.789. The van der Waals surface area contributed by atoms with Gasteiger partial charge in [0.05, 0.1) is 11.4 Å². The van der Waals surface area contributed by atoms with E-state index in [1.165, 1.54) is 0 Å². The summed E-state index contributed by atoms with van der Waals surface area (Å²) in [5.74, 6) is -0.749. The molecule has 14 heavy (non-hydrogen) atoms. The summed E-state index contributed by atoms with van der Waals surface area (Å²) in [6, 6.07) is 1.96. The van der Waals surface area contributed by atoms with Gasteiger partial charge in [-0.25, -0.2) is 0 Å². The van der Waals surface area contributed by atoms with Crippen LogP contribution in [0.1, 0.15) is 29.8 Å². The van der Waals surface area contributed by atoms with E-state index in [9.17, 15) is 4.79 Å². The zero-order valence-electron chi connectivity index (χ0n) is 8.45. The van der Waals surface area contributed by atoms with Gasteiger partial charge in [0, 0.05) is 6.42 Å². The fourth-order valence-corrected chi connectivity index (χ4v) is 1.29. The maximum absolute atomic E-state index is 10.3. The lowest BCUT2D eigenvalue weighted by Gasteiger charge is -2.03. The highest BCUT2D eigenvalue weighted by molar-refractivity contribution is 5.66. The summed E-state index contributed by atoms with van der Waals surface area (Å²) >= 11 is 0. The molecule has 0 aliphatic rings. The topological polar surface area (TPSA) is 63.1 Å². The minimum absolute atomic E-state index is 0.209. The van der Waals surface area contributed by atoms with E-state index in [4.69, 9.17) is 5.11 Å². The first-order chi connectivity index (χ1) is 6.59. The molecule has 0 aromatic carbocycles. The molecule has 0 spiro atoms. The Morgan fingerprint density at radius 1 is 1.43 bits per heavy atom. The van der Waals surface area contributed by atoms with E-state index in [0.717, 1.165) is 23.4 Å². The molecule has 0 aliphatic carbocycles. The molecular formula is C10H14N2O2. The second kappa shape index (κ2) is 4.69. The average Bonchev–Trinajstić information content (AvgIpc) is 2.10. The summed E-state index contributed by atoms with van der Waals surface area (Å²) in [5.41, 5.74) is 2.86. The number of carboxylic acid groups (broad SMARTS) is 1. The third kappa shape index (κ3) is 3.12. The van der Waals surface area contributed by atoms with Crippen LogP contribution in [0.3, 0.4) is 0 Å². The number of aromatic nitrogens is 2. The summed E-state index contributed by atoms with van der Waals surface area (Å²) in [5, 5.41) is 16.4. The van der Waals surface area contributed by atoms with Crippen LogP contribution in [0.4, 0.5) is 0 Å². The van der Waals surface area contributed by atoms with Crippen LogP contribution < -0.4 is 0 Å². The Morgan fingerprint density at radius 2 is 2.14 bits per heavy atom. The van der Waals surface area contributed by atoms with E-state index in [-0.39, 0.29) is 6.42 Å². The third-order valence-corrected chi connectivity index (χ3v) is 2.04. The Morgan fingerprint density at radius 3 is 2.79 bits per heavy atom. The minimum atomic E-state index is -0.749. The summed E-state index contributed by atoms with van der Waals surface area (Å²) in [4.78, 5) is 10.3. The van der Waals surface area contributed by atoms with Gasteiger partial charge in [-0.1, -0.05) is 0 Å². The maximum atomic E-state index is 10.3. The Kier molecular flexibility index (Phi) is 3.56. The molecule has 0 saturated heterocycles. The first-order valence-corrected chi connectivity index (χ1v) is 4.61. The van der Waals surface area contributed by atoms with E-state index in [0.29, 0.717) is 6.42 Å². The molecule has 0 radical (unpaired) electrons. The fraction of sp³-hybridized carbons (Fsp3) is 0.500. The van der Waals surface area contributed by atoms with E-state index in [1.54, 1.807) is 0 Å². The van der Waals surface area contributed by atoms with Gasteiger partial charge in [-0.05, 0) is 38.3 Å². The SMILES string of the molecule is Cc1cc(CCCC(=O)O)c(C)nn1. The number of carbonyl (C=O) groups is 1. The number of aryl methyl sites for hydroxylation is 3. The molecule has 4 heteroatoms. The van der Waals surface area contributed by atoms with Gasteiger partial charge in [0.1, 0.15) is 0 Å². The lowest BCUT2D eigenvalue weighted by molar-refractivity contribution is -0.137. The maximum Gasteiger partial charge on any atom is 0.303 e. The molecule has 1 aromatic heterocycles. The smallest absolute Gasteiger partial charge is 0.303 e. The molecule has 0 amide bonds. The summed E-state index contributed by atoms with van der Waals surface area (Å²) < 4.78 is 0. The molecular weight excluding hydrogens is 180 g/mol. The molecule has 1 heterocycles. The fourth-order valence-electron chi connectivity index (χ4n) is 1.29. The Labute approximate surface area is 83.0 Å². The standard InChI is InChI=1S/C10H14N2O2/c1-7-6-9(8(2)12-11-7)4-3-5-10(13)14/h6H,3-5H2,1-2H3,(H,13,14). The third-order valence-electron chi connectivity index (χ3n) is 2.04. The molecule has 76 valence electrons. The molecule has 0 unspecified atom stereocenters. The second-order valence-corrected chi connectivity index (χ2v) is 3.34. The summed E-state index contributed by atoms with van der Waals surface area (Å²) in [7, 11) is 0. The van der Waals surface area contributed by atoms with Crippen LogP contribution in [-0.4, -0.2) is 21.3 Å². The second-order valence-electron chi connectivity index (χ2n) is 3.34. The van der Waals surface area contributed by atoms with Gasteiger partial charge < -0.3 is 5.11 Å². The normalized spacial score (nSPS) is 10.1. The molecule has 0 saturated carbocycles. The Balaban J connectivity index is 2.57. The highest BCUT2D eigenvalue weighted by atomic mass is 16.4. The van der Waals surface area contributed by atoms with E-state index < -0.39 is 5.97 Å². The molecule has 1 N–H and O–H groups in total. The highest BCUT2D eigenvalue weighted by Gasteiger charge is 2.03. The van der Waals surface area contributed by atoms with Crippen molar-refractivity contribution in [1.29, 1.82) is 0 Å². The average molecular weight is 194 g/mol. The number of rotatable bonds is 4. The van der Waals surface area contributed by atoms with Gasteiger partial charge >= 0.3 is 5.97 Å². The van der Waals surface area contributed by atoms with Gasteiger partial charge in [0.15, 0.2) is 0 Å². The molecule has 1 aromatic rings. The molecule has 0 atom stereocenters. The van der Waals surface area contributed by atoms with Crippen molar-refractivity contribution in [3.05, 3.63) is 23.0 Å². The van der Waals surface area contributed by atoms with Crippen LogP contribution in [0.2, 0.25) is 0 Å². The Hall–Kier alpha value is -1.45. The van der Waals surface area contributed by atoms with Crippen LogP contribution in [0, 0.1) is 13.8 Å².